The Hall–Kier alpha value is -2.57. The van der Waals surface area contributed by atoms with Gasteiger partial charge in [0.1, 0.15) is 5.75 Å². The van der Waals surface area contributed by atoms with Crippen LogP contribution in [0.25, 0.3) is 0 Å². The lowest BCUT2D eigenvalue weighted by atomic mass is 9.89. The first-order valence-electron chi connectivity index (χ1n) is 11.5. The van der Waals surface area contributed by atoms with Crippen molar-refractivity contribution in [3.63, 3.8) is 0 Å². The van der Waals surface area contributed by atoms with Crippen LogP contribution in [0.3, 0.4) is 0 Å². The molecular formula is C26H38N4O2. The summed E-state index contributed by atoms with van der Waals surface area (Å²) in [4.78, 5) is 6.65. The van der Waals surface area contributed by atoms with Crippen molar-refractivity contribution in [2.45, 2.75) is 31.9 Å². The van der Waals surface area contributed by atoms with Crippen LogP contribution >= 0.6 is 0 Å². The third-order valence-electron chi connectivity index (χ3n) is 6.19. The lowest BCUT2D eigenvalue weighted by Crippen LogP contribution is -2.44. The first-order chi connectivity index (χ1) is 15.5. The predicted octanol–water partition coefficient (Wildman–Crippen LogP) is 3.94. The van der Waals surface area contributed by atoms with Crippen molar-refractivity contribution in [3.05, 3.63) is 65.2 Å². The maximum absolute atomic E-state index is 6.17. The average Bonchev–Trinajstić information content (AvgIpc) is 2.82. The van der Waals surface area contributed by atoms with Gasteiger partial charge in [0.2, 0.25) is 0 Å². The summed E-state index contributed by atoms with van der Waals surface area (Å²) in [6.07, 6.45) is 2.36. The van der Waals surface area contributed by atoms with E-state index in [0.29, 0.717) is 5.92 Å². The maximum atomic E-state index is 6.17. The normalized spacial score (nSPS) is 20.1. The van der Waals surface area contributed by atoms with Crippen LogP contribution in [0.5, 0.6) is 5.75 Å². The summed E-state index contributed by atoms with van der Waals surface area (Å²) in [5, 5.41) is 7.04. The molecule has 0 aromatic heterocycles. The second kappa shape index (κ2) is 11.9. The van der Waals surface area contributed by atoms with Crippen LogP contribution in [0, 0.1) is 12.8 Å². The zero-order valence-corrected chi connectivity index (χ0v) is 20.1. The van der Waals surface area contributed by atoms with Gasteiger partial charge in [-0.2, -0.15) is 0 Å². The van der Waals surface area contributed by atoms with E-state index in [1.807, 2.05) is 19.2 Å². The molecule has 1 aliphatic rings. The Kier molecular flexibility index (Phi) is 8.94. The summed E-state index contributed by atoms with van der Waals surface area (Å²) in [5.74, 6) is 2.11. The molecule has 1 heterocycles. The van der Waals surface area contributed by atoms with Gasteiger partial charge >= 0.3 is 0 Å². The van der Waals surface area contributed by atoms with Crippen molar-refractivity contribution in [1.29, 1.82) is 0 Å². The Balaban J connectivity index is 1.61. The van der Waals surface area contributed by atoms with Gasteiger partial charge in [0, 0.05) is 38.2 Å². The molecule has 0 aliphatic carbocycles. The van der Waals surface area contributed by atoms with Crippen molar-refractivity contribution in [1.82, 2.24) is 15.5 Å². The Morgan fingerprint density at radius 2 is 1.91 bits per heavy atom. The van der Waals surface area contributed by atoms with Crippen molar-refractivity contribution >= 4 is 5.96 Å². The van der Waals surface area contributed by atoms with E-state index in [4.69, 9.17) is 9.47 Å². The van der Waals surface area contributed by atoms with E-state index in [9.17, 15) is 0 Å². The number of aliphatic imine (C=N–C) groups is 1. The number of likely N-dealkylation sites (N-methyl/N-ethyl adjacent to an activating group) is 1. The third kappa shape index (κ3) is 6.24. The van der Waals surface area contributed by atoms with Gasteiger partial charge in [0.15, 0.2) is 5.96 Å². The molecule has 174 valence electrons. The summed E-state index contributed by atoms with van der Waals surface area (Å²) < 4.78 is 11.8. The van der Waals surface area contributed by atoms with Gasteiger partial charge in [0.05, 0.1) is 19.3 Å². The quantitative estimate of drug-likeness (QED) is 0.483. The van der Waals surface area contributed by atoms with E-state index in [1.54, 1.807) is 7.11 Å². The number of benzene rings is 2. The number of methoxy groups -OCH3 is 1. The number of hydrogen-bond donors (Lipinski definition) is 2. The molecular weight excluding hydrogens is 400 g/mol. The zero-order valence-electron chi connectivity index (χ0n) is 20.1. The lowest BCUT2D eigenvalue weighted by molar-refractivity contribution is -0.0265. The van der Waals surface area contributed by atoms with E-state index in [-0.39, 0.29) is 12.1 Å². The molecule has 0 spiro atoms. The fourth-order valence-electron chi connectivity index (χ4n) is 4.33. The van der Waals surface area contributed by atoms with Gasteiger partial charge in [-0.15, -0.1) is 0 Å². The fraction of sp³-hybridized carbons (Fsp3) is 0.500. The summed E-state index contributed by atoms with van der Waals surface area (Å²) in [6.45, 7) is 4.48. The second-order valence-corrected chi connectivity index (χ2v) is 8.66. The minimum absolute atomic E-state index is 0.123. The van der Waals surface area contributed by atoms with Gasteiger partial charge in [-0.05, 0) is 45.5 Å². The minimum Gasteiger partial charge on any atom is -0.496 e. The number of nitrogens with zero attached hydrogens (tertiary/aromatic N) is 2. The van der Waals surface area contributed by atoms with E-state index in [1.165, 1.54) is 11.1 Å². The Bertz CT molecular complexity index is 866. The molecule has 6 heteroatoms. The minimum atomic E-state index is 0.123. The first kappa shape index (κ1) is 24.1. The molecule has 3 unspecified atom stereocenters. The number of ether oxygens (including phenoxy) is 2. The standard InChI is InChI=1S/C26H38N4O2/c1-19-12-14-20(15-13-19)25-21(9-8-16-32-25)17-28-26(27-2)29-18-23(30(3)4)22-10-6-7-11-24(22)31-5/h6-7,10-15,21,23,25H,8-9,16-18H2,1-5H3,(H2,27,28,29). The topological polar surface area (TPSA) is 58.1 Å². The smallest absolute Gasteiger partial charge is 0.191 e. The highest BCUT2D eigenvalue weighted by Gasteiger charge is 2.27. The van der Waals surface area contributed by atoms with Crippen LogP contribution < -0.4 is 15.4 Å². The second-order valence-electron chi connectivity index (χ2n) is 8.66. The van der Waals surface area contributed by atoms with E-state index in [0.717, 1.165) is 49.8 Å². The average molecular weight is 439 g/mol. The van der Waals surface area contributed by atoms with Crippen LogP contribution in [0.4, 0.5) is 0 Å². The number of guanidine groups is 1. The largest absolute Gasteiger partial charge is 0.496 e. The molecule has 0 radical (unpaired) electrons. The highest BCUT2D eigenvalue weighted by Crippen LogP contribution is 2.33. The highest BCUT2D eigenvalue weighted by molar-refractivity contribution is 5.79. The Morgan fingerprint density at radius 3 is 2.59 bits per heavy atom. The third-order valence-corrected chi connectivity index (χ3v) is 6.19. The fourth-order valence-corrected chi connectivity index (χ4v) is 4.33. The molecule has 0 saturated carbocycles. The van der Waals surface area contributed by atoms with E-state index >= 15 is 0 Å². The van der Waals surface area contributed by atoms with Crippen LogP contribution in [0.15, 0.2) is 53.5 Å². The Morgan fingerprint density at radius 1 is 1.16 bits per heavy atom. The summed E-state index contributed by atoms with van der Waals surface area (Å²) in [6, 6.07) is 17.0. The molecule has 32 heavy (non-hydrogen) atoms. The highest BCUT2D eigenvalue weighted by atomic mass is 16.5. The monoisotopic (exact) mass is 438 g/mol. The maximum Gasteiger partial charge on any atom is 0.191 e. The van der Waals surface area contributed by atoms with Gasteiger partial charge in [-0.25, -0.2) is 0 Å². The molecule has 0 bridgehead atoms. The van der Waals surface area contributed by atoms with Crippen molar-refractivity contribution < 1.29 is 9.47 Å². The van der Waals surface area contributed by atoms with Crippen LogP contribution in [-0.2, 0) is 4.74 Å². The van der Waals surface area contributed by atoms with Crippen molar-refractivity contribution in [2.75, 3.05) is 47.9 Å². The van der Waals surface area contributed by atoms with E-state index < -0.39 is 0 Å². The van der Waals surface area contributed by atoms with Gasteiger partial charge in [0.25, 0.3) is 0 Å². The number of aryl methyl sites for hydroxylation is 1. The molecule has 1 saturated heterocycles. The molecule has 2 N–H and O–H groups in total. The molecule has 0 amide bonds. The van der Waals surface area contributed by atoms with Gasteiger partial charge in [-0.1, -0.05) is 48.0 Å². The predicted molar refractivity (Wildman–Crippen MR) is 131 cm³/mol. The van der Waals surface area contributed by atoms with Gasteiger partial charge in [-0.3, -0.25) is 4.99 Å². The SMILES string of the molecule is CN=C(NCC1CCCOC1c1ccc(C)cc1)NCC(c1ccccc1OC)N(C)C. The lowest BCUT2D eigenvalue weighted by Gasteiger charge is -2.33. The molecule has 2 aromatic rings. The number of hydrogen-bond acceptors (Lipinski definition) is 4. The molecule has 1 aliphatic heterocycles. The molecule has 6 nitrogen and oxygen atoms in total. The summed E-state index contributed by atoms with van der Waals surface area (Å²) in [7, 11) is 7.70. The van der Waals surface area contributed by atoms with Gasteiger partial charge < -0.3 is 25.0 Å². The van der Waals surface area contributed by atoms with Crippen molar-refractivity contribution in [3.8, 4) is 5.75 Å². The number of nitrogens with one attached hydrogen (secondary N) is 2. The summed E-state index contributed by atoms with van der Waals surface area (Å²) in [5.41, 5.74) is 3.69. The Labute approximate surface area is 193 Å². The molecule has 3 atom stereocenters. The first-order valence-corrected chi connectivity index (χ1v) is 11.5. The molecule has 1 fully saturated rings. The zero-order chi connectivity index (χ0) is 22.9. The summed E-state index contributed by atoms with van der Waals surface area (Å²) >= 11 is 0. The van der Waals surface area contributed by atoms with Crippen LogP contribution in [-0.4, -0.2) is 58.8 Å². The number of para-hydroxylation sites is 1. The van der Waals surface area contributed by atoms with Crippen LogP contribution in [0.2, 0.25) is 0 Å². The van der Waals surface area contributed by atoms with E-state index in [2.05, 4.69) is 77.9 Å². The number of rotatable bonds is 8. The molecule has 2 aromatic carbocycles. The van der Waals surface area contributed by atoms with Crippen LogP contribution in [0.1, 0.15) is 41.7 Å². The molecule has 3 rings (SSSR count). The van der Waals surface area contributed by atoms with Crippen molar-refractivity contribution in [2.24, 2.45) is 10.9 Å².